The minimum atomic E-state index is -0.228. The maximum Gasteiger partial charge on any atom is 0.348 e. The molecular formula is C13H23BrN2O3. The Morgan fingerprint density at radius 2 is 2.11 bits per heavy atom. The van der Waals surface area contributed by atoms with Crippen molar-refractivity contribution in [2.45, 2.75) is 33.2 Å². The minimum absolute atomic E-state index is 0. The third-order valence-electron chi connectivity index (χ3n) is 2.83. The van der Waals surface area contributed by atoms with Crippen molar-refractivity contribution in [3.63, 3.8) is 0 Å². The molecule has 0 aliphatic rings. The number of hydrogen-bond donors (Lipinski definition) is 0. The maximum atomic E-state index is 11.6. The summed E-state index contributed by atoms with van der Waals surface area (Å²) in [5.41, 5.74) is 0. The van der Waals surface area contributed by atoms with Gasteiger partial charge in [0.05, 0.1) is 13.7 Å². The number of hydrogen-bond acceptors (Lipinski definition) is 3. The molecule has 0 bridgehead atoms. The van der Waals surface area contributed by atoms with Crippen LogP contribution in [0.3, 0.4) is 0 Å². The van der Waals surface area contributed by atoms with Crippen LogP contribution in [0.15, 0.2) is 12.4 Å². The van der Waals surface area contributed by atoms with Gasteiger partial charge in [0.25, 0.3) is 5.82 Å². The number of halogens is 1. The van der Waals surface area contributed by atoms with E-state index in [4.69, 9.17) is 9.47 Å². The van der Waals surface area contributed by atoms with Gasteiger partial charge in [0.2, 0.25) is 0 Å². The molecule has 1 rings (SSSR count). The van der Waals surface area contributed by atoms with E-state index in [1.54, 1.807) is 0 Å². The molecule has 0 aliphatic carbocycles. The summed E-state index contributed by atoms with van der Waals surface area (Å²) >= 11 is 0. The third-order valence-corrected chi connectivity index (χ3v) is 2.83. The van der Waals surface area contributed by atoms with Crippen molar-refractivity contribution in [3.8, 4) is 0 Å². The Kier molecular flexibility index (Phi) is 9.51. The first-order valence-electron chi connectivity index (χ1n) is 6.40. The number of aromatic nitrogens is 2. The van der Waals surface area contributed by atoms with Gasteiger partial charge >= 0.3 is 5.97 Å². The number of rotatable bonds is 8. The Labute approximate surface area is 125 Å². The molecule has 19 heavy (non-hydrogen) atoms. The first kappa shape index (κ1) is 18.1. The summed E-state index contributed by atoms with van der Waals surface area (Å²) in [6, 6.07) is 0. The van der Waals surface area contributed by atoms with Crippen LogP contribution < -0.4 is 21.5 Å². The molecule has 0 amide bonds. The van der Waals surface area contributed by atoms with E-state index in [0.29, 0.717) is 13.2 Å². The fourth-order valence-electron chi connectivity index (χ4n) is 1.51. The quantitative estimate of drug-likeness (QED) is 0.313. The van der Waals surface area contributed by atoms with E-state index in [-0.39, 0.29) is 29.5 Å². The monoisotopic (exact) mass is 334 g/mol. The number of ether oxygens (including phenoxy) is 2. The van der Waals surface area contributed by atoms with Crippen LogP contribution in [0, 0.1) is 6.92 Å². The SMILES string of the molecule is CCCCOCCOC(=O)Cn1cc[n+](C)c1C.[Br-]. The summed E-state index contributed by atoms with van der Waals surface area (Å²) in [6.07, 6.45) is 5.95. The van der Waals surface area contributed by atoms with Crippen molar-refractivity contribution in [1.29, 1.82) is 0 Å². The number of nitrogens with zero attached hydrogens (tertiary/aromatic N) is 2. The topological polar surface area (TPSA) is 44.3 Å². The second-order valence-electron chi connectivity index (χ2n) is 4.27. The number of imidazole rings is 1. The van der Waals surface area contributed by atoms with Crippen molar-refractivity contribution in [3.05, 3.63) is 18.2 Å². The van der Waals surface area contributed by atoms with Crippen LogP contribution in [-0.4, -0.2) is 30.4 Å². The van der Waals surface area contributed by atoms with Crippen molar-refractivity contribution in [2.75, 3.05) is 19.8 Å². The molecule has 6 heteroatoms. The lowest BCUT2D eigenvalue weighted by Crippen LogP contribution is -3.00. The van der Waals surface area contributed by atoms with Crippen molar-refractivity contribution in [2.24, 2.45) is 7.05 Å². The van der Waals surface area contributed by atoms with Gasteiger partial charge in [-0.15, -0.1) is 0 Å². The van der Waals surface area contributed by atoms with Gasteiger partial charge in [0.1, 0.15) is 19.0 Å². The average molecular weight is 335 g/mol. The van der Waals surface area contributed by atoms with Crippen molar-refractivity contribution < 1.29 is 35.8 Å². The van der Waals surface area contributed by atoms with Crippen LogP contribution in [0.5, 0.6) is 0 Å². The van der Waals surface area contributed by atoms with Crippen molar-refractivity contribution >= 4 is 5.97 Å². The normalized spacial score (nSPS) is 10.1. The summed E-state index contributed by atoms with van der Waals surface area (Å²) in [7, 11) is 1.94. The van der Waals surface area contributed by atoms with Gasteiger partial charge in [0, 0.05) is 13.5 Å². The molecule has 1 heterocycles. The van der Waals surface area contributed by atoms with E-state index in [9.17, 15) is 4.79 Å². The Bertz CT molecular complexity index is 380. The lowest BCUT2D eigenvalue weighted by Gasteiger charge is -2.05. The van der Waals surface area contributed by atoms with Crippen LogP contribution in [-0.2, 0) is 27.9 Å². The maximum absolute atomic E-state index is 11.6. The van der Waals surface area contributed by atoms with Crippen LogP contribution in [0.4, 0.5) is 0 Å². The van der Waals surface area contributed by atoms with E-state index >= 15 is 0 Å². The Balaban J connectivity index is 0.00000324. The van der Waals surface area contributed by atoms with Gasteiger partial charge in [-0.1, -0.05) is 13.3 Å². The smallest absolute Gasteiger partial charge is 0.348 e. The van der Waals surface area contributed by atoms with Crippen molar-refractivity contribution in [1.82, 2.24) is 4.57 Å². The van der Waals surface area contributed by atoms with Crippen LogP contribution >= 0.6 is 0 Å². The molecule has 0 N–H and O–H groups in total. The Morgan fingerprint density at radius 1 is 1.37 bits per heavy atom. The van der Waals surface area contributed by atoms with Gasteiger partial charge in [-0.2, -0.15) is 0 Å². The minimum Gasteiger partial charge on any atom is -1.00 e. The number of esters is 1. The molecule has 0 fully saturated rings. The summed E-state index contributed by atoms with van der Waals surface area (Å²) in [5, 5.41) is 0. The fourth-order valence-corrected chi connectivity index (χ4v) is 1.51. The molecule has 110 valence electrons. The molecule has 0 aliphatic heterocycles. The first-order chi connectivity index (χ1) is 8.65. The lowest BCUT2D eigenvalue weighted by molar-refractivity contribution is -0.677. The summed E-state index contributed by atoms with van der Waals surface area (Å²) < 4.78 is 14.2. The van der Waals surface area contributed by atoms with Gasteiger partial charge in [-0.3, -0.25) is 0 Å². The zero-order valence-corrected chi connectivity index (χ0v) is 13.5. The second kappa shape index (κ2) is 9.97. The van der Waals surface area contributed by atoms with E-state index in [2.05, 4.69) is 6.92 Å². The molecule has 0 spiro atoms. The molecule has 0 saturated carbocycles. The van der Waals surface area contributed by atoms with Gasteiger partial charge in [-0.05, 0) is 6.42 Å². The number of unbranched alkanes of at least 4 members (excludes halogenated alkanes) is 1. The Morgan fingerprint density at radius 3 is 2.68 bits per heavy atom. The van der Waals surface area contributed by atoms with E-state index in [0.717, 1.165) is 25.3 Å². The molecule has 5 nitrogen and oxygen atoms in total. The molecule has 0 radical (unpaired) electrons. The van der Waals surface area contributed by atoms with Gasteiger partial charge in [-0.25, -0.2) is 13.9 Å². The molecule has 0 atom stereocenters. The standard InChI is InChI=1S/C13H23N2O3.BrH/c1-4-5-8-17-9-10-18-13(16)11-15-7-6-14(3)12(15)2;/h6-7H,4-5,8-11H2,1-3H3;1H/q+1;/p-1. The zero-order chi connectivity index (χ0) is 13.4. The average Bonchev–Trinajstić information content (AvgIpc) is 2.65. The number of aryl methyl sites for hydroxylation is 1. The molecular weight excluding hydrogens is 312 g/mol. The van der Waals surface area contributed by atoms with Gasteiger partial charge < -0.3 is 26.5 Å². The highest BCUT2D eigenvalue weighted by Crippen LogP contribution is 1.94. The van der Waals surface area contributed by atoms with Crippen LogP contribution in [0.25, 0.3) is 0 Å². The number of carbonyl (C=O) groups excluding carboxylic acids is 1. The van der Waals surface area contributed by atoms with E-state index in [1.165, 1.54) is 0 Å². The first-order valence-corrected chi connectivity index (χ1v) is 6.40. The highest BCUT2D eigenvalue weighted by Gasteiger charge is 2.13. The second-order valence-corrected chi connectivity index (χ2v) is 4.27. The van der Waals surface area contributed by atoms with Crippen LogP contribution in [0.2, 0.25) is 0 Å². The summed E-state index contributed by atoms with van der Waals surface area (Å²) in [4.78, 5) is 11.6. The summed E-state index contributed by atoms with van der Waals surface area (Å²) in [6.45, 7) is 5.87. The highest BCUT2D eigenvalue weighted by molar-refractivity contribution is 5.69. The molecule has 1 aromatic rings. The largest absolute Gasteiger partial charge is 1.00 e. The van der Waals surface area contributed by atoms with Crippen LogP contribution in [0.1, 0.15) is 25.6 Å². The predicted molar refractivity (Wildman–Crippen MR) is 67.0 cm³/mol. The van der Waals surface area contributed by atoms with Gasteiger partial charge in [0.15, 0.2) is 6.54 Å². The predicted octanol–water partition coefficient (Wildman–Crippen LogP) is -2.02. The molecule has 0 unspecified atom stereocenters. The Hall–Kier alpha value is -0.880. The molecule has 1 aromatic heterocycles. The highest BCUT2D eigenvalue weighted by atomic mass is 79.9. The number of carbonyl (C=O) groups is 1. The molecule has 0 saturated heterocycles. The third kappa shape index (κ3) is 6.73. The molecule has 0 aromatic carbocycles. The fraction of sp³-hybridized carbons (Fsp3) is 0.692. The lowest BCUT2D eigenvalue weighted by atomic mass is 10.4. The van der Waals surface area contributed by atoms with E-state index in [1.807, 2.05) is 35.5 Å². The van der Waals surface area contributed by atoms with E-state index < -0.39 is 0 Å². The summed E-state index contributed by atoms with van der Waals surface area (Å²) in [5.74, 6) is 0.791. The zero-order valence-electron chi connectivity index (χ0n) is 11.9.